The van der Waals surface area contributed by atoms with Gasteiger partial charge in [0.25, 0.3) is 5.69 Å². The summed E-state index contributed by atoms with van der Waals surface area (Å²) in [5.74, 6) is -3.29. The predicted molar refractivity (Wildman–Crippen MR) is 97.0 cm³/mol. The molecule has 0 bridgehead atoms. The van der Waals surface area contributed by atoms with Gasteiger partial charge in [-0.2, -0.15) is 13.2 Å². The molecule has 0 aliphatic carbocycles. The Hall–Kier alpha value is -2.39. The maximum atomic E-state index is 13.5. The van der Waals surface area contributed by atoms with Gasteiger partial charge in [0, 0.05) is 10.5 Å². The number of rotatable bonds is 5. The second-order valence-electron chi connectivity index (χ2n) is 5.39. The smallest absolute Gasteiger partial charge is 0.399 e. The maximum absolute atomic E-state index is 13.5. The molecule has 10 heteroatoms. The van der Waals surface area contributed by atoms with E-state index >= 15 is 0 Å². The molecule has 2 aromatic carbocycles. The van der Waals surface area contributed by atoms with Gasteiger partial charge in [-0.1, -0.05) is 35.9 Å². The third-order valence-corrected chi connectivity index (χ3v) is 4.56. The van der Waals surface area contributed by atoms with Crippen LogP contribution in [0.3, 0.4) is 0 Å². The molecular weight excluding hydrogens is 455 g/mol. The van der Waals surface area contributed by atoms with Gasteiger partial charge >= 0.3 is 12.1 Å². The van der Waals surface area contributed by atoms with Crippen LogP contribution < -0.4 is 0 Å². The summed E-state index contributed by atoms with van der Waals surface area (Å²) in [5.41, 5.74) is -0.668. The Bertz CT molecular complexity index is 931. The van der Waals surface area contributed by atoms with Gasteiger partial charge in [0.15, 0.2) is 0 Å². The van der Waals surface area contributed by atoms with E-state index < -0.39 is 28.7 Å². The van der Waals surface area contributed by atoms with Crippen molar-refractivity contribution in [3.8, 4) is 0 Å². The first-order valence-electron chi connectivity index (χ1n) is 7.22. The van der Waals surface area contributed by atoms with E-state index in [4.69, 9.17) is 16.7 Å². The van der Waals surface area contributed by atoms with Crippen LogP contribution in [0.5, 0.6) is 0 Å². The number of nitro benzene ring substituents is 1. The van der Waals surface area contributed by atoms with Crippen LogP contribution in [0.1, 0.15) is 27.4 Å². The summed E-state index contributed by atoms with van der Waals surface area (Å²) in [7, 11) is 0. The van der Waals surface area contributed by atoms with Crippen molar-refractivity contribution in [2.24, 2.45) is 0 Å². The van der Waals surface area contributed by atoms with Gasteiger partial charge in [0.05, 0.1) is 16.4 Å². The second kappa shape index (κ2) is 8.10. The van der Waals surface area contributed by atoms with E-state index in [0.717, 1.165) is 30.4 Å². The van der Waals surface area contributed by atoms with Crippen molar-refractivity contribution in [3.05, 3.63) is 78.8 Å². The van der Waals surface area contributed by atoms with Crippen molar-refractivity contribution < 1.29 is 28.0 Å². The molecular formula is C17H10BrClF3NO4. The molecule has 0 aliphatic rings. The fourth-order valence-corrected chi connectivity index (χ4v) is 3.04. The van der Waals surface area contributed by atoms with E-state index in [2.05, 4.69) is 15.9 Å². The van der Waals surface area contributed by atoms with Crippen molar-refractivity contribution in [2.45, 2.75) is 12.1 Å². The van der Waals surface area contributed by atoms with Crippen LogP contribution in [0.15, 0.2) is 46.9 Å². The molecule has 0 radical (unpaired) electrons. The summed E-state index contributed by atoms with van der Waals surface area (Å²) in [6.07, 6.45) is -2.69. The first kappa shape index (κ1) is 20.9. The number of nitrogens with zero attached hydrogens (tertiary/aromatic N) is 1. The molecule has 5 nitrogen and oxygen atoms in total. The average Bonchev–Trinajstić information content (AvgIpc) is 2.54. The number of allylic oxidation sites excluding steroid dienone is 1. The Morgan fingerprint density at radius 1 is 1.26 bits per heavy atom. The summed E-state index contributed by atoms with van der Waals surface area (Å²) < 4.78 is 40.6. The number of aromatic carboxylic acids is 1. The van der Waals surface area contributed by atoms with Gasteiger partial charge in [-0.25, -0.2) is 4.79 Å². The lowest BCUT2D eigenvalue weighted by Gasteiger charge is -2.17. The molecule has 0 amide bonds. The lowest BCUT2D eigenvalue weighted by atomic mass is 9.96. The SMILES string of the molecule is O=C(O)c1ccc(/C=C/C(c2ccc(Cl)c([N+](=O)[O-])c2)C(F)(F)F)cc1Br. The Balaban J connectivity index is 2.43. The van der Waals surface area contributed by atoms with Crippen LogP contribution in [0.2, 0.25) is 5.02 Å². The fourth-order valence-electron chi connectivity index (χ4n) is 2.29. The highest BCUT2D eigenvalue weighted by Crippen LogP contribution is 2.39. The zero-order valence-electron chi connectivity index (χ0n) is 13.2. The standard InChI is InChI=1S/C17H10BrClF3NO4/c18-13-7-9(1-4-11(13)16(24)25)2-5-12(17(20,21)22)10-3-6-14(19)15(8-10)23(26)27/h1-8,12H,(H,24,25)/b5-2+. The number of benzene rings is 2. The van der Waals surface area contributed by atoms with E-state index in [9.17, 15) is 28.1 Å². The first-order valence-corrected chi connectivity index (χ1v) is 8.39. The van der Waals surface area contributed by atoms with Crippen LogP contribution in [-0.2, 0) is 0 Å². The first-order chi connectivity index (χ1) is 12.5. The van der Waals surface area contributed by atoms with Gasteiger partial charge in [0.2, 0.25) is 0 Å². The van der Waals surface area contributed by atoms with Gasteiger partial charge in [0.1, 0.15) is 5.02 Å². The summed E-state index contributed by atoms with van der Waals surface area (Å²) in [5, 5.41) is 19.6. The number of hydrogen-bond acceptors (Lipinski definition) is 3. The number of carboxylic acid groups (broad SMARTS) is 1. The van der Waals surface area contributed by atoms with E-state index in [1.165, 1.54) is 18.2 Å². The van der Waals surface area contributed by atoms with Crippen molar-refractivity contribution in [3.63, 3.8) is 0 Å². The van der Waals surface area contributed by atoms with E-state index in [1.807, 2.05) is 0 Å². The third-order valence-electron chi connectivity index (χ3n) is 3.58. The van der Waals surface area contributed by atoms with Crippen LogP contribution in [-0.4, -0.2) is 22.2 Å². The Morgan fingerprint density at radius 2 is 1.93 bits per heavy atom. The molecule has 0 saturated heterocycles. The molecule has 1 atom stereocenters. The average molecular weight is 465 g/mol. The van der Waals surface area contributed by atoms with Gasteiger partial charge < -0.3 is 5.11 Å². The van der Waals surface area contributed by atoms with Gasteiger partial charge in [-0.3, -0.25) is 10.1 Å². The number of nitro groups is 1. The highest BCUT2D eigenvalue weighted by Gasteiger charge is 2.39. The second-order valence-corrected chi connectivity index (χ2v) is 6.65. The number of halogens is 5. The van der Waals surface area contributed by atoms with Crippen molar-refractivity contribution in [1.29, 1.82) is 0 Å². The quantitative estimate of drug-likeness (QED) is 0.430. The topological polar surface area (TPSA) is 80.4 Å². The Kier molecular flexibility index (Phi) is 6.27. The summed E-state index contributed by atoms with van der Waals surface area (Å²) in [6, 6.07) is 6.86. The molecule has 1 N–H and O–H groups in total. The van der Waals surface area contributed by atoms with Crippen molar-refractivity contribution in [2.75, 3.05) is 0 Å². The van der Waals surface area contributed by atoms with Crippen molar-refractivity contribution >= 4 is 45.3 Å². The molecule has 0 heterocycles. The third kappa shape index (κ3) is 5.08. The summed E-state index contributed by atoms with van der Waals surface area (Å²) in [4.78, 5) is 21.0. The van der Waals surface area contributed by atoms with E-state index in [-0.39, 0.29) is 20.6 Å². The lowest BCUT2D eigenvalue weighted by Crippen LogP contribution is -2.19. The molecule has 2 aromatic rings. The molecule has 0 saturated carbocycles. The molecule has 27 heavy (non-hydrogen) atoms. The molecule has 0 spiro atoms. The summed E-state index contributed by atoms with van der Waals surface area (Å²) >= 11 is 8.69. The molecule has 2 rings (SSSR count). The minimum atomic E-state index is -4.70. The fraction of sp³-hybridized carbons (Fsp3) is 0.118. The monoisotopic (exact) mass is 463 g/mol. The molecule has 0 aliphatic heterocycles. The largest absolute Gasteiger partial charge is 0.478 e. The zero-order valence-corrected chi connectivity index (χ0v) is 15.5. The van der Waals surface area contributed by atoms with Crippen LogP contribution in [0.4, 0.5) is 18.9 Å². The highest BCUT2D eigenvalue weighted by atomic mass is 79.9. The molecule has 1 unspecified atom stereocenters. The van der Waals surface area contributed by atoms with Gasteiger partial charge in [-0.05, 0) is 45.3 Å². The van der Waals surface area contributed by atoms with Gasteiger partial charge in [-0.15, -0.1) is 0 Å². The number of hydrogen-bond donors (Lipinski definition) is 1. The maximum Gasteiger partial charge on any atom is 0.399 e. The number of carbonyl (C=O) groups is 1. The zero-order chi connectivity index (χ0) is 20.4. The predicted octanol–water partition coefficient (Wildman–Crippen LogP) is 6.07. The van der Waals surface area contributed by atoms with Crippen LogP contribution >= 0.6 is 27.5 Å². The molecule has 0 aromatic heterocycles. The summed E-state index contributed by atoms with van der Waals surface area (Å²) in [6.45, 7) is 0. The van der Waals surface area contributed by atoms with E-state index in [0.29, 0.717) is 5.56 Å². The Labute approximate surface area is 164 Å². The number of alkyl halides is 3. The minimum Gasteiger partial charge on any atom is -0.478 e. The molecule has 142 valence electrons. The highest BCUT2D eigenvalue weighted by molar-refractivity contribution is 9.10. The van der Waals surface area contributed by atoms with Crippen LogP contribution in [0, 0.1) is 10.1 Å². The number of carboxylic acids is 1. The molecule has 0 fully saturated rings. The van der Waals surface area contributed by atoms with E-state index in [1.54, 1.807) is 0 Å². The lowest BCUT2D eigenvalue weighted by molar-refractivity contribution is -0.384. The van der Waals surface area contributed by atoms with Crippen molar-refractivity contribution in [1.82, 2.24) is 0 Å². The normalized spacial score (nSPS) is 12.9. The van der Waals surface area contributed by atoms with Crippen LogP contribution in [0.25, 0.3) is 6.08 Å². The Morgan fingerprint density at radius 3 is 2.44 bits per heavy atom. The minimum absolute atomic E-state index is 0.0344.